The van der Waals surface area contributed by atoms with Crippen LogP contribution in [0.2, 0.25) is 0 Å². The molecule has 0 spiro atoms. The van der Waals surface area contributed by atoms with Gasteiger partial charge in [0.15, 0.2) is 0 Å². The van der Waals surface area contributed by atoms with Crippen LogP contribution in [0.5, 0.6) is 5.75 Å². The van der Waals surface area contributed by atoms with Crippen LogP contribution in [0.3, 0.4) is 0 Å². The van der Waals surface area contributed by atoms with E-state index in [1.54, 1.807) is 37.8 Å². The van der Waals surface area contributed by atoms with Gasteiger partial charge in [-0.1, -0.05) is 6.07 Å². The van der Waals surface area contributed by atoms with Gasteiger partial charge in [0.25, 0.3) is 0 Å². The molecule has 0 radical (unpaired) electrons. The first kappa shape index (κ1) is 22.5. The summed E-state index contributed by atoms with van der Waals surface area (Å²) in [6, 6.07) is 5.46. The lowest BCUT2D eigenvalue weighted by Crippen LogP contribution is -2.47. The molecule has 2 N–H and O–H groups in total. The molecule has 1 aromatic carbocycles. The highest BCUT2D eigenvalue weighted by molar-refractivity contribution is 5.96. The number of methoxy groups -OCH3 is 1. The predicted octanol–water partition coefficient (Wildman–Crippen LogP) is 2.71. The van der Waals surface area contributed by atoms with Crippen molar-refractivity contribution in [1.29, 1.82) is 0 Å². The lowest BCUT2D eigenvalue weighted by Gasteiger charge is -2.33. The van der Waals surface area contributed by atoms with Crippen LogP contribution in [0.1, 0.15) is 39.2 Å². The summed E-state index contributed by atoms with van der Waals surface area (Å²) >= 11 is 0. The molecule has 0 bridgehead atoms. The van der Waals surface area contributed by atoms with Crippen molar-refractivity contribution in [2.24, 2.45) is 5.92 Å². The first-order chi connectivity index (χ1) is 13.6. The molecule has 0 aromatic heterocycles. The number of hydrogen-bond acceptors (Lipinski definition) is 5. The van der Waals surface area contributed by atoms with Crippen molar-refractivity contribution in [1.82, 2.24) is 10.2 Å². The maximum absolute atomic E-state index is 12.5. The molecule has 2 rings (SSSR count). The van der Waals surface area contributed by atoms with E-state index in [1.165, 1.54) is 7.11 Å². The lowest BCUT2D eigenvalue weighted by atomic mass is 9.97. The van der Waals surface area contributed by atoms with Gasteiger partial charge in [-0.2, -0.15) is 0 Å². The first-order valence-corrected chi connectivity index (χ1v) is 9.79. The summed E-state index contributed by atoms with van der Waals surface area (Å²) in [7, 11) is 1.53. The van der Waals surface area contributed by atoms with Crippen molar-refractivity contribution in [3.8, 4) is 5.75 Å². The summed E-state index contributed by atoms with van der Waals surface area (Å²) in [5.74, 6) is -0.403. The van der Waals surface area contributed by atoms with Gasteiger partial charge >= 0.3 is 6.09 Å². The van der Waals surface area contributed by atoms with Crippen LogP contribution >= 0.6 is 0 Å². The molecule has 1 heterocycles. The Hall–Kier alpha value is -2.77. The molecular formula is C21H31N3O5. The van der Waals surface area contributed by atoms with Crippen molar-refractivity contribution in [3.05, 3.63) is 23.8 Å². The van der Waals surface area contributed by atoms with Gasteiger partial charge in [-0.05, 0) is 58.2 Å². The Kier molecular flexibility index (Phi) is 7.47. The fraction of sp³-hybridized carbons (Fsp3) is 0.571. The van der Waals surface area contributed by atoms with Crippen molar-refractivity contribution in [2.45, 2.75) is 46.1 Å². The summed E-state index contributed by atoms with van der Waals surface area (Å²) in [6.07, 6.45) is 0.960. The van der Waals surface area contributed by atoms with E-state index in [-0.39, 0.29) is 30.8 Å². The second kappa shape index (κ2) is 9.62. The maximum atomic E-state index is 12.5. The minimum Gasteiger partial charge on any atom is -0.495 e. The third-order valence-corrected chi connectivity index (χ3v) is 4.50. The topological polar surface area (TPSA) is 97.0 Å². The molecule has 8 heteroatoms. The number of benzene rings is 1. The highest BCUT2D eigenvalue weighted by atomic mass is 16.6. The molecule has 0 aliphatic carbocycles. The Balaban J connectivity index is 1.86. The Morgan fingerprint density at radius 1 is 1.24 bits per heavy atom. The zero-order valence-corrected chi connectivity index (χ0v) is 17.8. The van der Waals surface area contributed by atoms with E-state index in [1.807, 2.05) is 13.0 Å². The van der Waals surface area contributed by atoms with Crippen LogP contribution in [-0.2, 0) is 14.3 Å². The van der Waals surface area contributed by atoms with E-state index in [0.29, 0.717) is 30.8 Å². The Labute approximate surface area is 171 Å². The summed E-state index contributed by atoms with van der Waals surface area (Å²) < 4.78 is 10.6. The van der Waals surface area contributed by atoms with E-state index < -0.39 is 11.7 Å². The van der Waals surface area contributed by atoms with Gasteiger partial charge in [0.2, 0.25) is 11.8 Å². The second-order valence-electron chi connectivity index (χ2n) is 8.24. The molecule has 1 fully saturated rings. The fourth-order valence-corrected chi connectivity index (χ4v) is 3.11. The minimum atomic E-state index is -0.582. The van der Waals surface area contributed by atoms with Gasteiger partial charge in [-0.15, -0.1) is 0 Å². The Bertz CT molecular complexity index is 757. The van der Waals surface area contributed by atoms with Crippen molar-refractivity contribution >= 4 is 23.6 Å². The number of piperidine rings is 1. The number of nitrogens with zero attached hydrogens (tertiary/aromatic N) is 1. The number of likely N-dealkylation sites (tertiary alicyclic amines) is 1. The zero-order valence-electron chi connectivity index (χ0n) is 17.8. The molecule has 1 aliphatic heterocycles. The summed E-state index contributed by atoms with van der Waals surface area (Å²) in [4.78, 5) is 38.5. The molecule has 3 amide bonds. The third-order valence-electron chi connectivity index (χ3n) is 4.50. The average Bonchev–Trinajstić information content (AvgIpc) is 2.65. The number of amides is 3. The molecule has 1 atom stereocenters. The van der Waals surface area contributed by atoms with Crippen LogP contribution < -0.4 is 15.4 Å². The third kappa shape index (κ3) is 6.96. The second-order valence-corrected chi connectivity index (χ2v) is 8.24. The van der Waals surface area contributed by atoms with Gasteiger partial charge in [0, 0.05) is 13.1 Å². The number of nitrogens with one attached hydrogen (secondary N) is 2. The number of anilines is 1. The monoisotopic (exact) mass is 405 g/mol. The molecule has 1 saturated heterocycles. The molecular weight excluding hydrogens is 374 g/mol. The smallest absolute Gasteiger partial charge is 0.410 e. The van der Waals surface area contributed by atoms with Gasteiger partial charge in [-0.3, -0.25) is 9.59 Å². The maximum Gasteiger partial charge on any atom is 0.410 e. The van der Waals surface area contributed by atoms with Crippen molar-refractivity contribution in [3.63, 3.8) is 0 Å². The van der Waals surface area contributed by atoms with E-state index >= 15 is 0 Å². The summed E-state index contributed by atoms with van der Waals surface area (Å²) in [6.45, 7) is 8.03. The normalized spacial score (nSPS) is 16.7. The SMILES string of the molecule is COc1ccc(C)cc1NC(=O)CNC(=O)C1CCCN(C(=O)OC(C)(C)C)C1. The summed E-state index contributed by atoms with van der Waals surface area (Å²) in [5.41, 5.74) is 0.955. The Morgan fingerprint density at radius 2 is 1.97 bits per heavy atom. The van der Waals surface area contributed by atoms with Crippen molar-refractivity contribution < 1.29 is 23.9 Å². The fourth-order valence-electron chi connectivity index (χ4n) is 3.11. The molecule has 1 aromatic rings. The van der Waals surface area contributed by atoms with Crippen LogP contribution in [-0.4, -0.2) is 55.2 Å². The number of aryl methyl sites for hydroxylation is 1. The Morgan fingerprint density at radius 3 is 2.62 bits per heavy atom. The van der Waals surface area contributed by atoms with E-state index in [4.69, 9.17) is 9.47 Å². The summed E-state index contributed by atoms with van der Waals surface area (Å²) in [5, 5.41) is 5.41. The largest absolute Gasteiger partial charge is 0.495 e. The highest BCUT2D eigenvalue weighted by Crippen LogP contribution is 2.25. The standard InChI is InChI=1S/C21H31N3O5/c1-14-8-9-17(28-5)16(11-14)23-18(25)12-22-19(26)15-7-6-10-24(13-15)20(27)29-21(2,3)4/h8-9,11,15H,6-7,10,12-13H2,1-5H3,(H,22,26)(H,23,25). The zero-order chi connectivity index (χ0) is 21.6. The minimum absolute atomic E-state index is 0.154. The van der Waals surface area contributed by atoms with Crippen LogP contribution in [0.15, 0.2) is 18.2 Å². The number of carbonyl (C=O) groups excluding carboxylic acids is 3. The predicted molar refractivity (Wildman–Crippen MR) is 110 cm³/mol. The number of rotatable bonds is 5. The van der Waals surface area contributed by atoms with Gasteiger partial charge in [-0.25, -0.2) is 4.79 Å². The molecule has 160 valence electrons. The molecule has 0 saturated carbocycles. The molecule has 1 unspecified atom stereocenters. The highest BCUT2D eigenvalue weighted by Gasteiger charge is 2.31. The quantitative estimate of drug-likeness (QED) is 0.785. The van der Waals surface area contributed by atoms with E-state index in [9.17, 15) is 14.4 Å². The first-order valence-electron chi connectivity index (χ1n) is 9.79. The molecule has 1 aliphatic rings. The number of carbonyl (C=O) groups is 3. The van der Waals surface area contributed by atoms with Crippen molar-refractivity contribution in [2.75, 3.05) is 32.1 Å². The van der Waals surface area contributed by atoms with Crippen LogP contribution in [0.25, 0.3) is 0 Å². The van der Waals surface area contributed by atoms with Crippen LogP contribution in [0, 0.1) is 12.8 Å². The molecule has 29 heavy (non-hydrogen) atoms. The van der Waals surface area contributed by atoms with E-state index in [2.05, 4.69) is 10.6 Å². The van der Waals surface area contributed by atoms with Crippen LogP contribution in [0.4, 0.5) is 10.5 Å². The molecule has 8 nitrogen and oxygen atoms in total. The number of hydrogen-bond donors (Lipinski definition) is 2. The van der Waals surface area contributed by atoms with Gasteiger partial charge < -0.3 is 25.0 Å². The number of ether oxygens (including phenoxy) is 2. The lowest BCUT2D eigenvalue weighted by molar-refractivity contribution is -0.128. The average molecular weight is 405 g/mol. The van der Waals surface area contributed by atoms with Gasteiger partial charge in [0.1, 0.15) is 11.4 Å². The van der Waals surface area contributed by atoms with Gasteiger partial charge in [0.05, 0.1) is 25.3 Å². The van der Waals surface area contributed by atoms with E-state index in [0.717, 1.165) is 5.56 Å².